The van der Waals surface area contributed by atoms with Crippen molar-refractivity contribution in [3.8, 4) is 23.0 Å². The average Bonchev–Trinajstić information content (AvgIpc) is 2.63. The van der Waals surface area contributed by atoms with Crippen LogP contribution in [-0.2, 0) is 0 Å². The maximum atomic E-state index is 11.6. The van der Waals surface area contributed by atoms with Crippen LogP contribution in [0.4, 0.5) is 0 Å². The van der Waals surface area contributed by atoms with Gasteiger partial charge in [0.05, 0.1) is 0 Å². The molecule has 2 aliphatic heterocycles. The van der Waals surface area contributed by atoms with Crippen LogP contribution in [0.3, 0.4) is 0 Å². The van der Waals surface area contributed by atoms with E-state index in [9.17, 15) is 4.91 Å². The van der Waals surface area contributed by atoms with E-state index < -0.39 is 6.04 Å². The van der Waals surface area contributed by atoms with Crippen molar-refractivity contribution >= 4 is 0 Å². The maximum absolute atomic E-state index is 11.6. The van der Waals surface area contributed by atoms with Gasteiger partial charge in [0.25, 0.3) is 0 Å². The molecule has 0 unspecified atom stereocenters. The molecule has 0 fully saturated rings. The zero-order valence-corrected chi connectivity index (χ0v) is 12.4. The Hall–Kier alpha value is -2.76. The summed E-state index contributed by atoms with van der Waals surface area (Å²) >= 11 is 0. The summed E-state index contributed by atoms with van der Waals surface area (Å²) in [5.41, 5.74) is 1.33. The molecular formula is C17H15NO5. The van der Waals surface area contributed by atoms with Crippen molar-refractivity contribution < 1.29 is 18.9 Å². The van der Waals surface area contributed by atoms with Crippen molar-refractivity contribution in [2.75, 3.05) is 26.4 Å². The van der Waals surface area contributed by atoms with Crippen molar-refractivity contribution in [3.05, 3.63) is 52.4 Å². The smallest absolute Gasteiger partial charge is 0.167 e. The second-order valence-electron chi connectivity index (χ2n) is 5.25. The van der Waals surface area contributed by atoms with Gasteiger partial charge in [-0.2, -0.15) is 0 Å². The van der Waals surface area contributed by atoms with Crippen LogP contribution in [0.5, 0.6) is 23.0 Å². The molecule has 23 heavy (non-hydrogen) atoms. The normalized spacial score (nSPS) is 15.3. The topological polar surface area (TPSA) is 66.4 Å². The van der Waals surface area contributed by atoms with E-state index in [0.717, 1.165) is 0 Å². The van der Waals surface area contributed by atoms with Gasteiger partial charge < -0.3 is 18.9 Å². The summed E-state index contributed by atoms with van der Waals surface area (Å²) in [6.45, 7) is 1.88. The van der Waals surface area contributed by atoms with Gasteiger partial charge in [-0.1, -0.05) is 29.4 Å². The highest BCUT2D eigenvalue weighted by atomic mass is 16.6. The second kappa shape index (κ2) is 5.79. The van der Waals surface area contributed by atoms with Gasteiger partial charge in [0.2, 0.25) is 0 Å². The van der Waals surface area contributed by atoms with Gasteiger partial charge in [0.15, 0.2) is 23.0 Å². The molecule has 0 amide bonds. The van der Waals surface area contributed by atoms with E-state index in [0.29, 0.717) is 60.6 Å². The summed E-state index contributed by atoms with van der Waals surface area (Å²) in [6, 6.07) is 10.2. The van der Waals surface area contributed by atoms with Crippen molar-refractivity contribution in [3.63, 3.8) is 0 Å². The molecule has 0 radical (unpaired) electrons. The lowest BCUT2D eigenvalue weighted by molar-refractivity contribution is 0.167. The predicted octanol–water partition coefficient (Wildman–Crippen LogP) is 3.08. The molecule has 0 spiro atoms. The SMILES string of the molecule is O=NC(c1cccc2c1OCCO2)c1cccc2c1OCCO2. The minimum absolute atomic E-state index is 0.447. The molecule has 118 valence electrons. The Bertz CT molecular complexity index is 686. The average molecular weight is 313 g/mol. The Balaban J connectivity index is 1.83. The van der Waals surface area contributed by atoms with Crippen molar-refractivity contribution in [2.24, 2.45) is 5.18 Å². The van der Waals surface area contributed by atoms with Gasteiger partial charge >= 0.3 is 0 Å². The maximum Gasteiger partial charge on any atom is 0.167 e. The van der Waals surface area contributed by atoms with Crippen LogP contribution in [0.15, 0.2) is 41.6 Å². The summed E-state index contributed by atoms with van der Waals surface area (Å²) in [5, 5.41) is 3.32. The first-order valence-corrected chi connectivity index (χ1v) is 7.48. The molecule has 0 aromatic heterocycles. The molecule has 6 heteroatoms. The highest BCUT2D eigenvalue weighted by molar-refractivity contribution is 5.56. The fraction of sp³-hybridized carbons (Fsp3) is 0.294. The van der Waals surface area contributed by atoms with Gasteiger partial charge in [-0.15, -0.1) is 4.91 Å². The van der Waals surface area contributed by atoms with Crippen LogP contribution in [0.1, 0.15) is 17.2 Å². The standard InChI is InChI=1S/C17H15NO5/c19-18-15(11-3-1-5-13-16(11)22-9-7-20-13)12-4-2-6-14-17(12)23-10-8-21-14/h1-6,15H,7-10H2. The molecule has 0 saturated carbocycles. The van der Waals surface area contributed by atoms with Crippen LogP contribution >= 0.6 is 0 Å². The Labute approximate surface area is 132 Å². The van der Waals surface area contributed by atoms with E-state index in [1.807, 2.05) is 36.4 Å². The van der Waals surface area contributed by atoms with Crippen LogP contribution in [0.25, 0.3) is 0 Å². The highest BCUT2D eigenvalue weighted by Crippen LogP contribution is 2.45. The van der Waals surface area contributed by atoms with Crippen LogP contribution < -0.4 is 18.9 Å². The molecule has 2 aromatic rings. The number of para-hydroxylation sites is 2. The van der Waals surface area contributed by atoms with Crippen molar-refractivity contribution in [1.29, 1.82) is 0 Å². The molecular weight excluding hydrogens is 298 g/mol. The fourth-order valence-corrected chi connectivity index (χ4v) is 2.90. The molecule has 4 rings (SSSR count). The van der Waals surface area contributed by atoms with E-state index in [1.165, 1.54) is 0 Å². The third kappa shape index (κ3) is 2.36. The number of nitroso groups, excluding NO2 is 1. The highest BCUT2D eigenvalue weighted by Gasteiger charge is 2.28. The fourth-order valence-electron chi connectivity index (χ4n) is 2.90. The third-order valence-electron chi connectivity index (χ3n) is 3.89. The van der Waals surface area contributed by atoms with E-state index in [4.69, 9.17) is 18.9 Å². The Kier molecular flexibility index (Phi) is 3.49. The van der Waals surface area contributed by atoms with E-state index in [1.54, 1.807) is 0 Å². The lowest BCUT2D eigenvalue weighted by Gasteiger charge is -2.25. The molecule has 6 nitrogen and oxygen atoms in total. The minimum Gasteiger partial charge on any atom is -0.486 e. The molecule has 2 aliphatic rings. The summed E-state index contributed by atoms with van der Waals surface area (Å²) in [6.07, 6.45) is 0. The van der Waals surface area contributed by atoms with Gasteiger partial charge in [-0.3, -0.25) is 0 Å². The van der Waals surface area contributed by atoms with E-state index in [2.05, 4.69) is 5.18 Å². The summed E-state index contributed by atoms with van der Waals surface area (Å²) in [5.74, 6) is 2.39. The first kappa shape index (κ1) is 13.9. The number of hydrogen-bond donors (Lipinski definition) is 0. The number of fused-ring (bicyclic) bond motifs is 2. The number of rotatable bonds is 3. The summed E-state index contributed by atoms with van der Waals surface area (Å²) in [4.78, 5) is 11.6. The Morgan fingerprint density at radius 1 is 0.739 bits per heavy atom. The molecule has 0 atom stereocenters. The van der Waals surface area contributed by atoms with Crippen LogP contribution in [-0.4, -0.2) is 26.4 Å². The lowest BCUT2D eigenvalue weighted by atomic mass is 9.96. The van der Waals surface area contributed by atoms with Gasteiger partial charge in [0.1, 0.15) is 32.5 Å². The van der Waals surface area contributed by atoms with Crippen LogP contribution in [0.2, 0.25) is 0 Å². The number of ether oxygens (including phenoxy) is 4. The first-order chi connectivity index (χ1) is 11.4. The molecule has 0 bridgehead atoms. The quantitative estimate of drug-likeness (QED) is 0.815. The lowest BCUT2D eigenvalue weighted by Crippen LogP contribution is -2.19. The van der Waals surface area contributed by atoms with Gasteiger partial charge in [0, 0.05) is 11.1 Å². The van der Waals surface area contributed by atoms with Crippen LogP contribution in [0, 0.1) is 4.91 Å². The molecule has 0 N–H and O–H groups in total. The molecule has 2 heterocycles. The zero-order valence-electron chi connectivity index (χ0n) is 12.4. The number of hydrogen-bond acceptors (Lipinski definition) is 6. The summed E-state index contributed by atoms with van der Waals surface area (Å²) < 4.78 is 22.6. The second-order valence-corrected chi connectivity index (χ2v) is 5.25. The predicted molar refractivity (Wildman–Crippen MR) is 82.5 cm³/mol. The van der Waals surface area contributed by atoms with Crippen molar-refractivity contribution in [1.82, 2.24) is 0 Å². The summed E-state index contributed by atoms with van der Waals surface area (Å²) in [7, 11) is 0. The monoisotopic (exact) mass is 313 g/mol. The Morgan fingerprint density at radius 2 is 1.22 bits per heavy atom. The largest absolute Gasteiger partial charge is 0.486 e. The molecule has 0 aliphatic carbocycles. The molecule has 0 saturated heterocycles. The third-order valence-corrected chi connectivity index (χ3v) is 3.89. The first-order valence-electron chi connectivity index (χ1n) is 7.48. The van der Waals surface area contributed by atoms with E-state index >= 15 is 0 Å². The Morgan fingerprint density at radius 3 is 1.70 bits per heavy atom. The number of benzene rings is 2. The zero-order chi connectivity index (χ0) is 15.6. The van der Waals surface area contributed by atoms with Gasteiger partial charge in [-0.25, -0.2) is 0 Å². The number of nitrogens with zero attached hydrogens (tertiary/aromatic N) is 1. The molecule has 2 aromatic carbocycles. The van der Waals surface area contributed by atoms with E-state index in [-0.39, 0.29) is 0 Å². The van der Waals surface area contributed by atoms with Crippen molar-refractivity contribution in [2.45, 2.75) is 6.04 Å². The minimum atomic E-state index is -0.747. The van der Waals surface area contributed by atoms with Gasteiger partial charge in [-0.05, 0) is 12.1 Å².